The van der Waals surface area contributed by atoms with Crippen molar-refractivity contribution in [3.63, 3.8) is 0 Å². The molecule has 0 aliphatic carbocycles. The van der Waals surface area contributed by atoms with Crippen LogP contribution in [0.15, 0.2) is 28.7 Å². The summed E-state index contributed by atoms with van der Waals surface area (Å²) in [5.41, 5.74) is 0.479. The van der Waals surface area contributed by atoms with Crippen molar-refractivity contribution in [3.8, 4) is 0 Å². The topological polar surface area (TPSA) is 31.0 Å². The van der Waals surface area contributed by atoms with Gasteiger partial charge in [-0.25, -0.2) is 13.8 Å². The molecule has 3 aromatic rings. The van der Waals surface area contributed by atoms with Crippen LogP contribution >= 0.6 is 11.6 Å². The standard InChI is InChI=1S/C15H13ClF2N2O/c1-8-3-4-13(21-8)9(2)20-12-6-10(17)5-11(18)15(12)19-14(20)7-16/h3-6,9H,7H2,1-2H3. The molecule has 1 aromatic carbocycles. The van der Waals surface area contributed by atoms with Crippen LogP contribution in [0.1, 0.15) is 30.3 Å². The number of nitrogens with zero attached hydrogens (tertiary/aromatic N) is 2. The molecule has 21 heavy (non-hydrogen) atoms. The van der Waals surface area contributed by atoms with Crippen LogP contribution < -0.4 is 0 Å². The second-order valence-corrected chi connectivity index (χ2v) is 5.18. The summed E-state index contributed by atoms with van der Waals surface area (Å²) in [4.78, 5) is 4.17. The second kappa shape index (κ2) is 5.15. The number of rotatable bonds is 3. The number of alkyl halides is 1. The Morgan fingerprint density at radius 1 is 1.33 bits per heavy atom. The molecule has 2 aromatic heterocycles. The zero-order valence-electron chi connectivity index (χ0n) is 11.5. The van der Waals surface area contributed by atoms with Gasteiger partial charge < -0.3 is 8.98 Å². The number of hydrogen-bond acceptors (Lipinski definition) is 2. The average molecular weight is 311 g/mol. The Balaban J connectivity index is 2.25. The fraction of sp³-hybridized carbons (Fsp3) is 0.267. The summed E-state index contributed by atoms with van der Waals surface area (Å²) in [5, 5.41) is 0. The van der Waals surface area contributed by atoms with E-state index in [1.54, 1.807) is 4.57 Å². The summed E-state index contributed by atoms with van der Waals surface area (Å²) in [6.45, 7) is 3.71. The lowest BCUT2D eigenvalue weighted by Crippen LogP contribution is -2.09. The number of hydrogen-bond donors (Lipinski definition) is 0. The number of benzene rings is 1. The fourth-order valence-electron chi connectivity index (χ4n) is 2.50. The Bertz CT molecular complexity index is 809. The van der Waals surface area contributed by atoms with Crippen LogP contribution in [0.3, 0.4) is 0 Å². The molecule has 1 atom stereocenters. The molecule has 2 heterocycles. The van der Waals surface area contributed by atoms with Crippen molar-refractivity contribution in [2.24, 2.45) is 0 Å². The molecule has 3 rings (SSSR count). The summed E-state index contributed by atoms with van der Waals surface area (Å²) in [6, 6.07) is 5.48. The normalized spacial score (nSPS) is 13.0. The van der Waals surface area contributed by atoms with Crippen LogP contribution in [0, 0.1) is 18.6 Å². The zero-order valence-corrected chi connectivity index (χ0v) is 12.3. The maximum Gasteiger partial charge on any atom is 0.153 e. The largest absolute Gasteiger partial charge is 0.464 e. The van der Waals surface area contributed by atoms with Gasteiger partial charge in [0.15, 0.2) is 5.82 Å². The van der Waals surface area contributed by atoms with E-state index in [9.17, 15) is 8.78 Å². The van der Waals surface area contributed by atoms with E-state index in [0.717, 1.165) is 11.8 Å². The maximum absolute atomic E-state index is 13.9. The first-order valence-electron chi connectivity index (χ1n) is 6.49. The lowest BCUT2D eigenvalue weighted by Gasteiger charge is -2.14. The monoisotopic (exact) mass is 310 g/mol. The molecule has 0 spiro atoms. The molecule has 0 amide bonds. The minimum Gasteiger partial charge on any atom is -0.464 e. The van der Waals surface area contributed by atoms with Gasteiger partial charge in [-0.05, 0) is 26.0 Å². The van der Waals surface area contributed by atoms with Gasteiger partial charge in [0.2, 0.25) is 0 Å². The van der Waals surface area contributed by atoms with Crippen molar-refractivity contribution in [1.29, 1.82) is 0 Å². The smallest absolute Gasteiger partial charge is 0.153 e. The number of fused-ring (bicyclic) bond motifs is 1. The van der Waals surface area contributed by atoms with Crippen LogP contribution in [-0.2, 0) is 5.88 Å². The summed E-state index contributed by atoms with van der Waals surface area (Å²) >= 11 is 5.90. The molecule has 0 saturated carbocycles. The van der Waals surface area contributed by atoms with E-state index in [4.69, 9.17) is 16.0 Å². The van der Waals surface area contributed by atoms with Crippen molar-refractivity contribution in [3.05, 3.63) is 53.2 Å². The first-order valence-corrected chi connectivity index (χ1v) is 7.03. The molecule has 0 N–H and O–H groups in total. The van der Waals surface area contributed by atoms with Gasteiger partial charge in [0.25, 0.3) is 0 Å². The van der Waals surface area contributed by atoms with Gasteiger partial charge in [-0.15, -0.1) is 11.6 Å². The van der Waals surface area contributed by atoms with Crippen LogP contribution in [-0.4, -0.2) is 9.55 Å². The highest BCUT2D eigenvalue weighted by molar-refractivity contribution is 6.16. The maximum atomic E-state index is 13.9. The third kappa shape index (κ3) is 2.31. The van der Waals surface area contributed by atoms with Gasteiger partial charge >= 0.3 is 0 Å². The average Bonchev–Trinajstić information content (AvgIpc) is 3.01. The third-order valence-corrected chi connectivity index (χ3v) is 3.71. The van der Waals surface area contributed by atoms with Crippen molar-refractivity contribution in [2.75, 3.05) is 0 Å². The number of furan rings is 1. The number of aryl methyl sites for hydroxylation is 1. The van der Waals surface area contributed by atoms with Crippen molar-refractivity contribution >= 4 is 22.6 Å². The van der Waals surface area contributed by atoms with Gasteiger partial charge in [0.05, 0.1) is 17.4 Å². The minimum absolute atomic E-state index is 0.0970. The molecule has 0 fully saturated rings. The predicted octanol–water partition coefficient (Wildman–Crippen LogP) is 4.56. The van der Waals surface area contributed by atoms with Crippen molar-refractivity contribution < 1.29 is 13.2 Å². The minimum atomic E-state index is -0.696. The molecular weight excluding hydrogens is 298 g/mol. The highest BCUT2D eigenvalue weighted by Crippen LogP contribution is 2.29. The Labute approximate surface area is 125 Å². The lowest BCUT2D eigenvalue weighted by atomic mass is 10.2. The number of halogens is 3. The highest BCUT2D eigenvalue weighted by atomic mass is 35.5. The van der Waals surface area contributed by atoms with Crippen LogP contribution in [0.5, 0.6) is 0 Å². The number of imidazole rings is 1. The van der Waals surface area contributed by atoms with E-state index >= 15 is 0 Å². The Morgan fingerprint density at radius 2 is 2.10 bits per heavy atom. The van der Waals surface area contributed by atoms with Crippen LogP contribution in [0.2, 0.25) is 0 Å². The summed E-state index contributed by atoms with van der Waals surface area (Å²) in [7, 11) is 0. The van der Waals surface area contributed by atoms with Crippen molar-refractivity contribution in [2.45, 2.75) is 25.8 Å². The Hall–Kier alpha value is -1.88. The molecule has 0 aliphatic heterocycles. The molecule has 1 unspecified atom stereocenters. The molecule has 0 bridgehead atoms. The van der Waals surface area contributed by atoms with Gasteiger partial charge in [-0.2, -0.15) is 0 Å². The first-order chi connectivity index (χ1) is 10.0. The predicted molar refractivity (Wildman–Crippen MR) is 76.5 cm³/mol. The third-order valence-electron chi connectivity index (χ3n) is 3.47. The van der Waals surface area contributed by atoms with E-state index in [-0.39, 0.29) is 17.4 Å². The SMILES string of the molecule is Cc1ccc(C(C)n2c(CCl)nc3c(F)cc(F)cc32)o1. The molecular formula is C15H13ClF2N2O. The van der Waals surface area contributed by atoms with Gasteiger partial charge in [0, 0.05) is 12.1 Å². The van der Waals surface area contributed by atoms with E-state index in [1.165, 1.54) is 6.07 Å². The van der Waals surface area contributed by atoms with Gasteiger partial charge in [-0.3, -0.25) is 0 Å². The second-order valence-electron chi connectivity index (χ2n) is 4.91. The molecule has 6 heteroatoms. The zero-order chi connectivity index (χ0) is 15.1. The first kappa shape index (κ1) is 14.1. The van der Waals surface area contributed by atoms with E-state index in [0.29, 0.717) is 17.1 Å². The molecule has 0 saturated heterocycles. The van der Waals surface area contributed by atoms with Crippen LogP contribution in [0.4, 0.5) is 8.78 Å². The van der Waals surface area contributed by atoms with Crippen molar-refractivity contribution in [1.82, 2.24) is 9.55 Å². The van der Waals surface area contributed by atoms with E-state index in [1.807, 2.05) is 26.0 Å². The fourth-order valence-corrected chi connectivity index (χ4v) is 2.69. The molecule has 3 nitrogen and oxygen atoms in total. The summed E-state index contributed by atoms with van der Waals surface area (Å²) in [6.07, 6.45) is 0. The van der Waals surface area contributed by atoms with Crippen LogP contribution in [0.25, 0.3) is 11.0 Å². The molecule has 0 radical (unpaired) electrons. The Morgan fingerprint density at radius 3 is 2.71 bits per heavy atom. The summed E-state index contributed by atoms with van der Waals surface area (Å²) in [5.74, 6) is 0.675. The number of aromatic nitrogens is 2. The Kier molecular flexibility index (Phi) is 3.45. The lowest BCUT2D eigenvalue weighted by molar-refractivity contribution is 0.429. The van der Waals surface area contributed by atoms with Gasteiger partial charge in [0.1, 0.15) is 28.7 Å². The van der Waals surface area contributed by atoms with E-state index in [2.05, 4.69) is 4.98 Å². The summed E-state index contributed by atoms with van der Waals surface area (Å²) < 4.78 is 34.7. The van der Waals surface area contributed by atoms with E-state index < -0.39 is 11.6 Å². The highest BCUT2D eigenvalue weighted by Gasteiger charge is 2.21. The van der Waals surface area contributed by atoms with Gasteiger partial charge in [-0.1, -0.05) is 0 Å². The quantitative estimate of drug-likeness (QED) is 0.664. The molecule has 110 valence electrons. The molecule has 0 aliphatic rings.